The van der Waals surface area contributed by atoms with Crippen LogP contribution in [0.2, 0.25) is 0 Å². The number of carbonyl (C=O) groups is 4. The molecule has 4 amide bonds. The number of benzene rings is 2. The summed E-state index contributed by atoms with van der Waals surface area (Å²) in [6, 6.07) is 10.8. The Kier molecular flexibility index (Phi) is 6.63. The van der Waals surface area contributed by atoms with Crippen LogP contribution in [-0.2, 0) is 0 Å². The molecule has 168 valence electrons. The highest BCUT2D eigenvalue weighted by Crippen LogP contribution is 2.27. The van der Waals surface area contributed by atoms with E-state index < -0.39 is 0 Å². The van der Waals surface area contributed by atoms with Gasteiger partial charge in [-0.2, -0.15) is 0 Å². The Morgan fingerprint density at radius 2 is 0.938 bits per heavy atom. The Morgan fingerprint density at radius 1 is 0.594 bits per heavy atom. The van der Waals surface area contributed by atoms with Crippen LogP contribution in [0.4, 0.5) is 0 Å². The van der Waals surface area contributed by atoms with Crippen LogP contribution in [0.3, 0.4) is 0 Å². The second-order valence-corrected chi connectivity index (χ2v) is 9.22. The van der Waals surface area contributed by atoms with Gasteiger partial charge in [0.25, 0.3) is 23.6 Å². The zero-order chi connectivity index (χ0) is 23.7. The molecule has 0 radical (unpaired) electrons. The van der Waals surface area contributed by atoms with Crippen molar-refractivity contribution in [3.8, 4) is 0 Å². The minimum Gasteiger partial charge on any atom is -0.274 e. The van der Waals surface area contributed by atoms with Crippen LogP contribution in [0.1, 0.15) is 80.3 Å². The predicted octanol–water partition coefficient (Wildman–Crippen LogP) is 4.49. The van der Waals surface area contributed by atoms with E-state index in [1.54, 1.807) is 12.1 Å². The van der Waals surface area contributed by atoms with Crippen molar-refractivity contribution in [2.45, 2.75) is 41.5 Å². The molecule has 4 rings (SSSR count). The van der Waals surface area contributed by atoms with E-state index in [2.05, 4.69) is 0 Å². The Morgan fingerprint density at radius 3 is 1.22 bits per heavy atom. The molecule has 0 aromatic heterocycles. The minimum absolute atomic E-state index is 0.146. The van der Waals surface area contributed by atoms with Gasteiger partial charge in [0.15, 0.2) is 0 Å². The quantitative estimate of drug-likeness (QED) is 0.665. The summed E-state index contributed by atoms with van der Waals surface area (Å²) < 4.78 is 0. The average molecular weight is 435 g/mol. The maximum atomic E-state index is 12.1. The van der Waals surface area contributed by atoms with Gasteiger partial charge in [-0.15, -0.1) is 0 Å². The van der Waals surface area contributed by atoms with E-state index in [0.717, 1.165) is 11.1 Å². The van der Waals surface area contributed by atoms with Crippen molar-refractivity contribution >= 4 is 23.6 Å². The third-order valence-corrected chi connectivity index (χ3v) is 5.51. The number of nitrogens with zero attached hydrogens (tertiary/aromatic N) is 2. The predicted molar refractivity (Wildman–Crippen MR) is 123 cm³/mol. The van der Waals surface area contributed by atoms with Gasteiger partial charge in [0, 0.05) is 13.1 Å². The number of aryl methyl sites for hydroxylation is 2. The molecule has 0 unspecified atom stereocenters. The highest BCUT2D eigenvalue weighted by Gasteiger charge is 2.37. The Hall–Kier alpha value is -3.28. The standard InChI is InChI=1S/2C13H15NO2/c2*1-8(2)7-14-12(15)10-6-4-5-9(3)11(10)13(14)16/h2*4-6,8H,7H2,1-3H3. The van der Waals surface area contributed by atoms with E-state index in [0.29, 0.717) is 47.2 Å². The van der Waals surface area contributed by atoms with Crippen molar-refractivity contribution in [2.75, 3.05) is 13.1 Å². The normalized spacial score (nSPS) is 14.9. The molecule has 0 saturated carbocycles. The molecule has 2 heterocycles. The first-order valence-electron chi connectivity index (χ1n) is 11.0. The van der Waals surface area contributed by atoms with Gasteiger partial charge in [0.05, 0.1) is 22.3 Å². The number of hydrogen-bond acceptors (Lipinski definition) is 4. The van der Waals surface area contributed by atoms with Gasteiger partial charge >= 0.3 is 0 Å². The maximum absolute atomic E-state index is 12.1. The topological polar surface area (TPSA) is 74.8 Å². The lowest BCUT2D eigenvalue weighted by Crippen LogP contribution is -2.33. The SMILES string of the molecule is Cc1cccc2c1C(=O)N(CC(C)C)C2=O.Cc1cccc2c1C(=O)N(CC(C)C)C2=O. The summed E-state index contributed by atoms with van der Waals surface area (Å²) in [5.41, 5.74) is 4.00. The summed E-state index contributed by atoms with van der Waals surface area (Å²) in [6.07, 6.45) is 0. The molecule has 2 aromatic carbocycles. The fraction of sp³-hybridized carbons (Fsp3) is 0.385. The van der Waals surface area contributed by atoms with Crippen LogP contribution in [0.5, 0.6) is 0 Å². The third-order valence-electron chi connectivity index (χ3n) is 5.51. The molecular weight excluding hydrogens is 404 g/mol. The van der Waals surface area contributed by atoms with E-state index in [1.807, 2.05) is 65.8 Å². The van der Waals surface area contributed by atoms with Gasteiger partial charge in [0.2, 0.25) is 0 Å². The Labute approximate surface area is 189 Å². The molecular formula is C26H30N2O4. The number of hydrogen-bond donors (Lipinski definition) is 0. The van der Waals surface area contributed by atoms with Gasteiger partial charge in [-0.1, -0.05) is 52.0 Å². The van der Waals surface area contributed by atoms with Crippen molar-refractivity contribution in [2.24, 2.45) is 11.8 Å². The zero-order valence-electron chi connectivity index (χ0n) is 19.6. The van der Waals surface area contributed by atoms with Gasteiger partial charge in [-0.25, -0.2) is 0 Å². The number of rotatable bonds is 4. The first kappa shape index (κ1) is 23.4. The second kappa shape index (κ2) is 9.07. The van der Waals surface area contributed by atoms with E-state index in [9.17, 15) is 19.2 Å². The van der Waals surface area contributed by atoms with E-state index in [-0.39, 0.29) is 23.6 Å². The lowest BCUT2D eigenvalue weighted by Gasteiger charge is -2.15. The Balaban J connectivity index is 0.000000181. The first-order chi connectivity index (χ1) is 15.0. The van der Waals surface area contributed by atoms with Crippen molar-refractivity contribution in [1.82, 2.24) is 9.80 Å². The van der Waals surface area contributed by atoms with Gasteiger partial charge in [-0.05, 0) is 48.9 Å². The van der Waals surface area contributed by atoms with Gasteiger partial charge in [0.1, 0.15) is 0 Å². The number of amides is 4. The summed E-state index contributed by atoms with van der Waals surface area (Å²) in [5.74, 6) is -0.0153. The minimum atomic E-state index is -0.155. The molecule has 2 aliphatic heterocycles. The summed E-state index contributed by atoms with van der Waals surface area (Å²) in [6.45, 7) is 12.7. The van der Waals surface area contributed by atoms with Crippen molar-refractivity contribution in [3.63, 3.8) is 0 Å². The zero-order valence-corrected chi connectivity index (χ0v) is 19.6. The van der Waals surface area contributed by atoms with Crippen molar-refractivity contribution in [3.05, 3.63) is 69.8 Å². The van der Waals surface area contributed by atoms with Crippen LogP contribution in [0, 0.1) is 25.7 Å². The molecule has 6 heteroatoms. The van der Waals surface area contributed by atoms with Crippen LogP contribution in [0.25, 0.3) is 0 Å². The molecule has 0 spiro atoms. The molecule has 6 nitrogen and oxygen atoms in total. The summed E-state index contributed by atoms with van der Waals surface area (Å²) in [7, 11) is 0. The third kappa shape index (κ3) is 4.22. The Bertz CT molecular complexity index is 1010. The lowest BCUT2D eigenvalue weighted by atomic mass is 10.0. The highest BCUT2D eigenvalue weighted by atomic mass is 16.2. The van der Waals surface area contributed by atoms with E-state index in [1.165, 1.54) is 9.80 Å². The first-order valence-corrected chi connectivity index (χ1v) is 11.0. The van der Waals surface area contributed by atoms with Crippen LogP contribution >= 0.6 is 0 Å². The van der Waals surface area contributed by atoms with E-state index in [4.69, 9.17) is 0 Å². The average Bonchev–Trinajstić information content (AvgIpc) is 3.10. The molecule has 0 atom stereocenters. The van der Waals surface area contributed by atoms with Crippen molar-refractivity contribution < 1.29 is 19.2 Å². The fourth-order valence-electron chi connectivity index (χ4n) is 4.07. The molecule has 0 N–H and O–H groups in total. The largest absolute Gasteiger partial charge is 0.274 e. The summed E-state index contributed by atoms with van der Waals surface area (Å²) in [4.78, 5) is 50.8. The van der Waals surface area contributed by atoms with Gasteiger partial charge in [-0.3, -0.25) is 29.0 Å². The van der Waals surface area contributed by atoms with Crippen LogP contribution in [0.15, 0.2) is 36.4 Å². The van der Waals surface area contributed by atoms with Crippen LogP contribution in [-0.4, -0.2) is 46.5 Å². The number of carbonyl (C=O) groups excluding carboxylic acids is 4. The molecule has 0 fully saturated rings. The number of imide groups is 2. The highest BCUT2D eigenvalue weighted by molar-refractivity contribution is 6.22. The molecule has 32 heavy (non-hydrogen) atoms. The summed E-state index contributed by atoms with van der Waals surface area (Å²) in [5, 5.41) is 0. The van der Waals surface area contributed by atoms with Crippen molar-refractivity contribution in [1.29, 1.82) is 0 Å². The maximum Gasteiger partial charge on any atom is 0.261 e. The fourth-order valence-corrected chi connectivity index (χ4v) is 4.07. The van der Waals surface area contributed by atoms with Crippen LogP contribution < -0.4 is 0 Å². The van der Waals surface area contributed by atoms with Gasteiger partial charge < -0.3 is 0 Å². The number of fused-ring (bicyclic) bond motifs is 2. The second-order valence-electron chi connectivity index (χ2n) is 9.22. The molecule has 2 aliphatic rings. The summed E-state index contributed by atoms with van der Waals surface area (Å²) >= 11 is 0. The smallest absolute Gasteiger partial charge is 0.261 e. The van der Waals surface area contributed by atoms with E-state index >= 15 is 0 Å². The lowest BCUT2D eigenvalue weighted by molar-refractivity contribution is 0.0621. The molecule has 0 aliphatic carbocycles. The molecule has 0 saturated heterocycles. The molecule has 2 aromatic rings. The monoisotopic (exact) mass is 434 g/mol. The molecule has 0 bridgehead atoms.